The SMILES string of the molecule is Cc1oc(C)c(C(=O)NNC(=O)c2ccc(COc3ccccc3)o2)c1C. The van der Waals surface area contributed by atoms with E-state index in [0.29, 0.717) is 28.6 Å². The molecule has 2 aromatic heterocycles. The highest BCUT2D eigenvalue weighted by atomic mass is 16.5. The Balaban J connectivity index is 1.55. The summed E-state index contributed by atoms with van der Waals surface area (Å²) in [6.07, 6.45) is 0. The molecule has 0 saturated heterocycles. The van der Waals surface area contributed by atoms with Gasteiger partial charge < -0.3 is 13.6 Å². The first-order valence-electron chi connectivity index (χ1n) is 8.39. The van der Waals surface area contributed by atoms with Gasteiger partial charge in [0.15, 0.2) is 5.76 Å². The molecule has 0 saturated carbocycles. The largest absolute Gasteiger partial charge is 0.486 e. The fraction of sp³-hybridized carbons (Fsp3) is 0.200. The van der Waals surface area contributed by atoms with Gasteiger partial charge in [-0.3, -0.25) is 20.4 Å². The van der Waals surface area contributed by atoms with Gasteiger partial charge in [0, 0.05) is 5.56 Å². The predicted molar refractivity (Wildman–Crippen MR) is 97.3 cm³/mol. The average molecular weight is 368 g/mol. The van der Waals surface area contributed by atoms with E-state index in [9.17, 15) is 9.59 Å². The number of hydrogen-bond donors (Lipinski definition) is 2. The normalized spacial score (nSPS) is 10.5. The van der Waals surface area contributed by atoms with E-state index in [1.807, 2.05) is 30.3 Å². The van der Waals surface area contributed by atoms with Crippen LogP contribution in [0, 0.1) is 20.8 Å². The topological polar surface area (TPSA) is 93.7 Å². The van der Waals surface area contributed by atoms with E-state index >= 15 is 0 Å². The van der Waals surface area contributed by atoms with Crippen molar-refractivity contribution >= 4 is 11.8 Å². The molecule has 140 valence electrons. The molecule has 0 bridgehead atoms. The molecule has 7 nitrogen and oxygen atoms in total. The summed E-state index contributed by atoms with van der Waals surface area (Å²) in [5.41, 5.74) is 5.84. The zero-order valence-electron chi connectivity index (χ0n) is 15.3. The van der Waals surface area contributed by atoms with Crippen LogP contribution >= 0.6 is 0 Å². The molecule has 2 N–H and O–H groups in total. The van der Waals surface area contributed by atoms with Gasteiger partial charge in [-0.05, 0) is 45.0 Å². The number of aryl methyl sites for hydroxylation is 2. The molecule has 0 atom stereocenters. The van der Waals surface area contributed by atoms with Crippen LogP contribution in [0.15, 0.2) is 51.3 Å². The monoisotopic (exact) mass is 368 g/mol. The molecule has 27 heavy (non-hydrogen) atoms. The summed E-state index contributed by atoms with van der Waals surface area (Å²) in [6.45, 7) is 5.45. The molecule has 0 unspecified atom stereocenters. The van der Waals surface area contributed by atoms with E-state index in [2.05, 4.69) is 10.9 Å². The third kappa shape index (κ3) is 4.20. The van der Waals surface area contributed by atoms with E-state index in [-0.39, 0.29) is 12.4 Å². The third-order valence-electron chi connectivity index (χ3n) is 4.09. The van der Waals surface area contributed by atoms with E-state index in [1.54, 1.807) is 26.8 Å². The number of carbonyl (C=O) groups excluding carboxylic acids is 2. The van der Waals surface area contributed by atoms with E-state index in [4.69, 9.17) is 13.6 Å². The molecule has 3 rings (SSSR count). The fourth-order valence-corrected chi connectivity index (χ4v) is 2.61. The Hall–Kier alpha value is -3.48. The van der Waals surface area contributed by atoms with Crippen molar-refractivity contribution in [3.63, 3.8) is 0 Å². The van der Waals surface area contributed by atoms with Crippen LogP contribution in [0.3, 0.4) is 0 Å². The molecule has 0 aliphatic rings. The van der Waals surface area contributed by atoms with Crippen molar-refractivity contribution in [3.8, 4) is 5.75 Å². The van der Waals surface area contributed by atoms with Gasteiger partial charge in [-0.15, -0.1) is 0 Å². The number of ether oxygens (including phenoxy) is 1. The number of carbonyl (C=O) groups is 2. The van der Waals surface area contributed by atoms with Crippen LogP contribution in [-0.4, -0.2) is 11.8 Å². The van der Waals surface area contributed by atoms with Crippen molar-refractivity contribution < 1.29 is 23.2 Å². The lowest BCUT2D eigenvalue weighted by Crippen LogP contribution is -2.41. The van der Waals surface area contributed by atoms with Gasteiger partial charge in [0.2, 0.25) is 0 Å². The van der Waals surface area contributed by atoms with Crippen molar-refractivity contribution in [2.24, 2.45) is 0 Å². The fourth-order valence-electron chi connectivity index (χ4n) is 2.61. The average Bonchev–Trinajstić information content (AvgIpc) is 3.23. The molecule has 0 aliphatic carbocycles. The van der Waals surface area contributed by atoms with Crippen LogP contribution in [0.4, 0.5) is 0 Å². The van der Waals surface area contributed by atoms with Crippen LogP contribution in [0.2, 0.25) is 0 Å². The highest BCUT2D eigenvalue weighted by Crippen LogP contribution is 2.20. The quantitative estimate of drug-likeness (QED) is 0.673. The summed E-state index contributed by atoms with van der Waals surface area (Å²) >= 11 is 0. The first-order valence-corrected chi connectivity index (χ1v) is 8.39. The van der Waals surface area contributed by atoms with Crippen molar-refractivity contribution in [3.05, 3.63) is 76.6 Å². The number of benzene rings is 1. The summed E-state index contributed by atoms with van der Waals surface area (Å²) in [7, 11) is 0. The molecular formula is C20H20N2O5. The molecule has 7 heteroatoms. The van der Waals surface area contributed by atoms with Crippen molar-refractivity contribution in [1.82, 2.24) is 10.9 Å². The van der Waals surface area contributed by atoms with Gasteiger partial charge in [0.25, 0.3) is 5.91 Å². The number of amides is 2. The highest BCUT2D eigenvalue weighted by molar-refractivity contribution is 5.99. The first-order chi connectivity index (χ1) is 13.0. The molecule has 3 aromatic rings. The van der Waals surface area contributed by atoms with Crippen LogP contribution < -0.4 is 15.6 Å². The van der Waals surface area contributed by atoms with Gasteiger partial charge >= 0.3 is 5.91 Å². The Morgan fingerprint density at radius 2 is 1.59 bits per heavy atom. The lowest BCUT2D eigenvalue weighted by molar-refractivity contribution is 0.0827. The minimum absolute atomic E-state index is 0.0683. The second-order valence-corrected chi connectivity index (χ2v) is 5.99. The Kier molecular flexibility index (Phi) is 5.30. The number of hydrazine groups is 1. The van der Waals surface area contributed by atoms with Gasteiger partial charge in [-0.2, -0.15) is 0 Å². The summed E-state index contributed by atoms with van der Waals surface area (Å²) in [6, 6.07) is 12.4. The van der Waals surface area contributed by atoms with Gasteiger partial charge in [-0.25, -0.2) is 0 Å². The molecule has 0 fully saturated rings. The van der Waals surface area contributed by atoms with Gasteiger partial charge in [0.1, 0.15) is 29.6 Å². The number of rotatable bonds is 5. The molecular weight excluding hydrogens is 348 g/mol. The molecule has 2 amide bonds. The van der Waals surface area contributed by atoms with Crippen LogP contribution in [0.25, 0.3) is 0 Å². The number of nitrogens with one attached hydrogen (secondary N) is 2. The number of hydrogen-bond acceptors (Lipinski definition) is 5. The number of furan rings is 2. The second kappa shape index (κ2) is 7.82. The minimum atomic E-state index is -0.565. The van der Waals surface area contributed by atoms with Crippen molar-refractivity contribution in [2.45, 2.75) is 27.4 Å². The van der Waals surface area contributed by atoms with Crippen molar-refractivity contribution in [2.75, 3.05) is 0 Å². The highest BCUT2D eigenvalue weighted by Gasteiger charge is 2.20. The van der Waals surface area contributed by atoms with Gasteiger partial charge in [0.05, 0.1) is 5.56 Å². The van der Waals surface area contributed by atoms with Gasteiger partial charge in [-0.1, -0.05) is 18.2 Å². The minimum Gasteiger partial charge on any atom is -0.486 e. The van der Waals surface area contributed by atoms with E-state index in [0.717, 1.165) is 5.56 Å². The zero-order valence-corrected chi connectivity index (χ0v) is 15.3. The van der Waals surface area contributed by atoms with Crippen LogP contribution in [0.5, 0.6) is 5.75 Å². The van der Waals surface area contributed by atoms with Crippen molar-refractivity contribution in [1.29, 1.82) is 0 Å². The Bertz CT molecular complexity index is 956. The van der Waals surface area contributed by atoms with Crippen LogP contribution in [0.1, 0.15) is 43.8 Å². The Morgan fingerprint density at radius 1 is 0.889 bits per heavy atom. The van der Waals surface area contributed by atoms with E-state index < -0.39 is 11.8 Å². The Morgan fingerprint density at radius 3 is 2.26 bits per heavy atom. The zero-order chi connectivity index (χ0) is 19.4. The summed E-state index contributed by atoms with van der Waals surface area (Å²) in [5, 5.41) is 0. The van der Waals surface area contributed by atoms with E-state index in [1.165, 1.54) is 6.07 Å². The molecule has 1 aromatic carbocycles. The summed E-state index contributed by atoms with van der Waals surface area (Å²) in [5.74, 6) is 1.41. The third-order valence-corrected chi connectivity index (χ3v) is 4.09. The second-order valence-electron chi connectivity index (χ2n) is 5.99. The maximum atomic E-state index is 12.3. The Labute approximate surface area is 156 Å². The number of para-hydroxylation sites is 1. The molecule has 0 aliphatic heterocycles. The molecule has 0 spiro atoms. The maximum Gasteiger partial charge on any atom is 0.305 e. The lowest BCUT2D eigenvalue weighted by Gasteiger charge is -2.06. The summed E-state index contributed by atoms with van der Waals surface area (Å²) < 4.78 is 16.4. The predicted octanol–water partition coefficient (Wildman–Crippen LogP) is 3.45. The summed E-state index contributed by atoms with van der Waals surface area (Å²) in [4.78, 5) is 24.4. The molecule has 0 radical (unpaired) electrons. The first kappa shape index (κ1) is 18.3. The maximum absolute atomic E-state index is 12.3. The standard InChI is InChI=1S/C20H20N2O5/c1-12-13(2)26-14(3)18(12)20(24)22-21-19(23)17-10-9-16(27-17)11-25-15-7-5-4-6-8-15/h4-10H,11H2,1-3H3,(H,21,23)(H,22,24). The van der Waals surface area contributed by atoms with Crippen LogP contribution in [-0.2, 0) is 6.61 Å². The molecule has 2 heterocycles. The lowest BCUT2D eigenvalue weighted by atomic mass is 10.1. The smallest absolute Gasteiger partial charge is 0.305 e.